The standard InChI is InChI=1S/C12H14BrClN2O2S/c1-19(17,18)6-2-5-16-11-7-9(13)3-4-10(11)15-12(16)8-14/h3-4,7H,2,5-6,8H2,1H3. The van der Waals surface area contributed by atoms with Crippen LogP contribution in [0.5, 0.6) is 0 Å². The first kappa shape index (κ1) is 14.8. The number of imidazole rings is 1. The van der Waals surface area contributed by atoms with Crippen LogP contribution in [0.1, 0.15) is 12.2 Å². The Morgan fingerprint density at radius 3 is 2.79 bits per heavy atom. The summed E-state index contributed by atoms with van der Waals surface area (Å²) < 4.78 is 25.3. The molecule has 0 bridgehead atoms. The van der Waals surface area contributed by atoms with Crippen molar-refractivity contribution in [2.75, 3.05) is 12.0 Å². The molecule has 0 aliphatic heterocycles. The van der Waals surface area contributed by atoms with Crippen LogP contribution in [0.15, 0.2) is 22.7 Å². The summed E-state index contributed by atoms with van der Waals surface area (Å²) in [7, 11) is -2.93. The van der Waals surface area contributed by atoms with E-state index in [1.165, 1.54) is 6.26 Å². The van der Waals surface area contributed by atoms with E-state index in [2.05, 4.69) is 20.9 Å². The fourth-order valence-corrected chi connectivity index (χ4v) is 3.19. The minimum Gasteiger partial charge on any atom is -0.327 e. The zero-order valence-corrected chi connectivity index (χ0v) is 13.6. The van der Waals surface area contributed by atoms with E-state index in [0.29, 0.717) is 18.8 Å². The third-order valence-electron chi connectivity index (χ3n) is 2.81. The highest BCUT2D eigenvalue weighted by Crippen LogP contribution is 2.22. The van der Waals surface area contributed by atoms with Crippen LogP contribution in [0, 0.1) is 0 Å². The van der Waals surface area contributed by atoms with Gasteiger partial charge in [0.2, 0.25) is 0 Å². The van der Waals surface area contributed by atoms with Crippen molar-refractivity contribution in [3.63, 3.8) is 0 Å². The zero-order valence-electron chi connectivity index (χ0n) is 10.4. The van der Waals surface area contributed by atoms with Crippen LogP contribution in [-0.4, -0.2) is 30.0 Å². The number of aryl methyl sites for hydroxylation is 1. The monoisotopic (exact) mass is 364 g/mol. The molecule has 104 valence electrons. The highest BCUT2D eigenvalue weighted by molar-refractivity contribution is 9.10. The first-order valence-corrected chi connectivity index (χ1v) is 9.18. The van der Waals surface area contributed by atoms with Gasteiger partial charge >= 0.3 is 0 Å². The molecule has 0 aliphatic carbocycles. The van der Waals surface area contributed by atoms with E-state index in [1.54, 1.807) is 0 Å². The Kier molecular flexibility index (Phi) is 4.53. The number of benzene rings is 1. The van der Waals surface area contributed by atoms with Gasteiger partial charge in [-0.2, -0.15) is 0 Å². The lowest BCUT2D eigenvalue weighted by Gasteiger charge is -2.07. The third-order valence-corrected chi connectivity index (χ3v) is 4.57. The molecule has 0 spiro atoms. The fourth-order valence-electron chi connectivity index (χ4n) is 1.98. The molecular weight excluding hydrogens is 352 g/mol. The van der Waals surface area contributed by atoms with Crippen molar-refractivity contribution in [2.45, 2.75) is 18.8 Å². The van der Waals surface area contributed by atoms with Gasteiger partial charge in [0, 0.05) is 17.3 Å². The summed E-state index contributed by atoms with van der Waals surface area (Å²) in [6.45, 7) is 0.599. The molecule has 0 amide bonds. The molecule has 19 heavy (non-hydrogen) atoms. The largest absolute Gasteiger partial charge is 0.327 e. The van der Waals surface area contributed by atoms with E-state index in [4.69, 9.17) is 11.6 Å². The number of halogens is 2. The molecule has 0 unspecified atom stereocenters. The molecule has 0 radical (unpaired) electrons. The Morgan fingerprint density at radius 1 is 1.42 bits per heavy atom. The Bertz CT molecular complexity index is 697. The SMILES string of the molecule is CS(=O)(=O)CCCn1c(CCl)nc2ccc(Br)cc21. The topological polar surface area (TPSA) is 52.0 Å². The maximum Gasteiger partial charge on any atom is 0.147 e. The Labute approximate surface area is 125 Å². The maximum absolute atomic E-state index is 11.2. The Hall–Kier alpha value is -0.590. The van der Waals surface area contributed by atoms with Crippen LogP contribution >= 0.6 is 27.5 Å². The average molecular weight is 366 g/mol. The average Bonchev–Trinajstić information content (AvgIpc) is 2.65. The highest BCUT2D eigenvalue weighted by atomic mass is 79.9. The first-order chi connectivity index (χ1) is 8.90. The van der Waals surface area contributed by atoms with Gasteiger partial charge in [0.15, 0.2) is 0 Å². The van der Waals surface area contributed by atoms with Gasteiger partial charge in [-0.05, 0) is 24.6 Å². The summed E-state index contributed by atoms with van der Waals surface area (Å²) in [5.74, 6) is 1.25. The molecule has 0 saturated carbocycles. The summed E-state index contributed by atoms with van der Waals surface area (Å²) in [5.41, 5.74) is 1.84. The van der Waals surface area contributed by atoms with Crippen molar-refractivity contribution in [3.8, 4) is 0 Å². The van der Waals surface area contributed by atoms with Gasteiger partial charge in [0.05, 0.1) is 22.7 Å². The number of fused-ring (bicyclic) bond motifs is 1. The second-order valence-corrected chi connectivity index (χ2v) is 7.87. The van der Waals surface area contributed by atoms with Crippen molar-refractivity contribution in [2.24, 2.45) is 0 Å². The van der Waals surface area contributed by atoms with E-state index >= 15 is 0 Å². The maximum atomic E-state index is 11.2. The van der Waals surface area contributed by atoms with E-state index < -0.39 is 9.84 Å². The number of aromatic nitrogens is 2. The lowest BCUT2D eigenvalue weighted by molar-refractivity contribution is 0.591. The molecule has 1 aromatic carbocycles. The number of alkyl halides is 1. The van der Waals surface area contributed by atoms with Crippen molar-refractivity contribution in [1.82, 2.24) is 9.55 Å². The minimum atomic E-state index is -2.93. The second-order valence-electron chi connectivity index (χ2n) is 4.43. The van der Waals surface area contributed by atoms with Crippen LogP contribution in [0.25, 0.3) is 11.0 Å². The number of hydrogen-bond acceptors (Lipinski definition) is 3. The molecule has 0 atom stereocenters. The van der Waals surface area contributed by atoms with Gasteiger partial charge in [-0.3, -0.25) is 0 Å². The third kappa shape index (κ3) is 3.70. The summed E-state index contributed by atoms with van der Waals surface area (Å²) in [6, 6.07) is 5.82. The summed E-state index contributed by atoms with van der Waals surface area (Å²) in [4.78, 5) is 4.45. The Balaban J connectivity index is 2.32. The quantitative estimate of drug-likeness (QED) is 0.765. The van der Waals surface area contributed by atoms with Crippen molar-refractivity contribution < 1.29 is 8.42 Å². The molecular formula is C12H14BrClN2O2S. The van der Waals surface area contributed by atoms with Crippen LogP contribution in [0.3, 0.4) is 0 Å². The first-order valence-electron chi connectivity index (χ1n) is 5.79. The van der Waals surface area contributed by atoms with Gasteiger partial charge in [-0.1, -0.05) is 15.9 Å². The van der Waals surface area contributed by atoms with Crippen molar-refractivity contribution in [3.05, 3.63) is 28.5 Å². The van der Waals surface area contributed by atoms with E-state index in [-0.39, 0.29) is 5.75 Å². The van der Waals surface area contributed by atoms with Crippen LogP contribution in [0.4, 0.5) is 0 Å². The lowest BCUT2D eigenvalue weighted by Crippen LogP contribution is -2.09. The number of sulfone groups is 1. The van der Waals surface area contributed by atoms with Gasteiger partial charge in [0.25, 0.3) is 0 Å². The minimum absolute atomic E-state index is 0.169. The molecule has 2 aromatic rings. The van der Waals surface area contributed by atoms with Crippen molar-refractivity contribution in [1.29, 1.82) is 0 Å². The number of hydrogen-bond donors (Lipinski definition) is 0. The van der Waals surface area contributed by atoms with E-state index in [9.17, 15) is 8.42 Å². The fraction of sp³-hybridized carbons (Fsp3) is 0.417. The van der Waals surface area contributed by atoms with Gasteiger partial charge < -0.3 is 4.57 Å². The van der Waals surface area contributed by atoms with E-state index in [0.717, 1.165) is 21.3 Å². The van der Waals surface area contributed by atoms with Crippen LogP contribution in [-0.2, 0) is 22.3 Å². The predicted octanol–water partition coefficient (Wildman–Crippen LogP) is 2.97. The molecule has 4 nitrogen and oxygen atoms in total. The molecule has 1 heterocycles. The molecule has 0 fully saturated rings. The molecule has 0 N–H and O–H groups in total. The van der Waals surface area contributed by atoms with Gasteiger partial charge in [0.1, 0.15) is 15.7 Å². The van der Waals surface area contributed by atoms with Gasteiger partial charge in [-0.15, -0.1) is 11.6 Å². The van der Waals surface area contributed by atoms with Crippen LogP contribution < -0.4 is 0 Å². The van der Waals surface area contributed by atoms with Crippen molar-refractivity contribution >= 4 is 48.4 Å². The molecule has 7 heteroatoms. The molecule has 1 aromatic heterocycles. The predicted molar refractivity (Wildman–Crippen MR) is 81.3 cm³/mol. The lowest BCUT2D eigenvalue weighted by atomic mass is 10.3. The highest BCUT2D eigenvalue weighted by Gasteiger charge is 2.11. The molecule has 2 rings (SSSR count). The smallest absolute Gasteiger partial charge is 0.147 e. The summed E-state index contributed by atoms with van der Waals surface area (Å²) in [6.07, 6.45) is 1.80. The second kappa shape index (κ2) is 5.81. The summed E-state index contributed by atoms with van der Waals surface area (Å²) >= 11 is 9.33. The number of rotatable bonds is 5. The van der Waals surface area contributed by atoms with Crippen LogP contribution in [0.2, 0.25) is 0 Å². The number of nitrogens with zero attached hydrogens (tertiary/aromatic N) is 2. The molecule has 0 aliphatic rings. The van der Waals surface area contributed by atoms with E-state index in [1.807, 2.05) is 22.8 Å². The van der Waals surface area contributed by atoms with Gasteiger partial charge in [-0.25, -0.2) is 13.4 Å². The molecule has 0 saturated heterocycles. The Morgan fingerprint density at radius 2 is 2.16 bits per heavy atom. The summed E-state index contributed by atoms with van der Waals surface area (Å²) in [5, 5.41) is 0. The normalized spacial score (nSPS) is 12.2. The zero-order chi connectivity index (χ0) is 14.0.